The number of carbonyl (C=O) groups excluding carboxylic acids is 2. The Hall–Kier alpha value is -4.04. The van der Waals surface area contributed by atoms with Gasteiger partial charge in [0.2, 0.25) is 0 Å². The van der Waals surface area contributed by atoms with Gasteiger partial charge in [-0.15, -0.1) is 0 Å². The highest BCUT2D eigenvalue weighted by Gasteiger charge is 2.15. The minimum atomic E-state index is -0.482. The number of aliphatic hydroxyl groups is 2. The van der Waals surface area contributed by atoms with E-state index >= 15 is 0 Å². The zero-order chi connectivity index (χ0) is 25.8. The molecule has 0 unspecified atom stereocenters. The lowest BCUT2D eigenvalue weighted by atomic mass is 10.0. The Labute approximate surface area is 204 Å². The number of hydrogen-bond donors (Lipinski definition) is 3. The SMILES string of the molecule is CCOC(=O)CC/C(C(=O)/C=C/c1ccc(OC)c(OC)c1)=C(O)\C=C\c1ccc(O)c(CO)c1. The summed E-state index contributed by atoms with van der Waals surface area (Å²) in [5, 5.41) is 29.7. The summed E-state index contributed by atoms with van der Waals surface area (Å²) in [6.45, 7) is 1.55. The van der Waals surface area contributed by atoms with Crippen molar-refractivity contribution in [1.82, 2.24) is 0 Å². The lowest BCUT2D eigenvalue weighted by Crippen LogP contribution is -2.08. The second kappa shape index (κ2) is 13.6. The molecule has 2 aromatic rings. The average molecular weight is 483 g/mol. The minimum absolute atomic E-state index is 0.0262. The third-order valence-corrected chi connectivity index (χ3v) is 5.03. The smallest absolute Gasteiger partial charge is 0.306 e. The molecule has 0 heterocycles. The van der Waals surface area contributed by atoms with Crippen LogP contribution >= 0.6 is 0 Å². The summed E-state index contributed by atoms with van der Waals surface area (Å²) in [7, 11) is 3.03. The molecule has 0 atom stereocenters. The molecule has 35 heavy (non-hydrogen) atoms. The van der Waals surface area contributed by atoms with E-state index in [1.807, 2.05) is 0 Å². The van der Waals surface area contributed by atoms with Gasteiger partial charge in [0, 0.05) is 17.6 Å². The maximum atomic E-state index is 12.9. The van der Waals surface area contributed by atoms with Gasteiger partial charge in [0.25, 0.3) is 0 Å². The largest absolute Gasteiger partial charge is 0.508 e. The number of allylic oxidation sites excluding steroid dienone is 3. The van der Waals surface area contributed by atoms with Crippen molar-refractivity contribution < 1.29 is 39.1 Å². The van der Waals surface area contributed by atoms with E-state index in [9.17, 15) is 24.9 Å². The molecule has 2 rings (SSSR count). The van der Waals surface area contributed by atoms with Crippen LogP contribution in [0.3, 0.4) is 0 Å². The van der Waals surface area contributed by atoms with Crippen molar-refractivity contribution in [2.24, 2.45) is 0 Å². The van der Waals surface area contributed by atoms with E-state index in [-0.39, 0.29) is 43.1 Å². The molecular weight excluding hydrogens is 452 g/mol. The first-order valence-corrected chi connectivity index (χ1v) is 11.0. The molecule has 0 radical (unpaired) electrons. The fraction of sp³-hybridized carbons (Fsp3) is 0.259. The van der Waals surface area contributed by atoms with E-state index in [0.29, 0.717) is 28.2 Å². The summed E-state index contributed by atoms with van der Waals surface area (Å²) in [4.78, 5) is 24.8. The lowest BCUT2D eigenvalue weighted by molar-refractivity contribution is -0.143. The van der Waals surface area contributed by atoms with Crippen molar-refractivity contribution in [3.63, 3.8) is 0 Å². The summed E-state index contributed by atoms with van der Waals surface area (Å²) in [5.41, 5.74) is 1.63. The van der Waals surface area contributed by atoms with Crippen molar-refractivity contribution >= 4 is 23.9 Å². The van der Waals surface area contributed by atoms with Gasteiger partial charge in [-0.3, -0.25) is 9.59 Å². The van der Waals surface area contributed by atoms with Gasteiger partial charge in [0.1, 0.15) is 11.5 Å². The molecule has 0 saturated carbocycles. The number of phenols is 1. The molecule has 2 aromatic carbocycles. The topological polar surface area (TPSA) is 123 Å². The van der Waals surface area contributed by atoms with E-state index in [0.717, 1.165) is 0 Å². The third kappa shape index (κ3) is 8.04. The van der Waals surface area contributed by atoms with E-state index in [2.05, 4.69) is 0 Å². The van der Waals surface area contributed by atoms with Crippen LogP contribution in [0, 0.1) is 0 Å². The van der Waals surface area contributed by atoms with E-state index in [4.69, 9.17) is 14.2 Å². The summed E-state index contributed by atoms with van der Waals surface area (Å²) in [6, 6.07) is 9.72. The lowest BCUT2D eigenvalue weighted by Gasteiger charge is -2.08. The number of carbonyl (C=O) groups is 2. The van der Waals surface area contributed by atoms with Gasteiger partial charge in [-0.25, -0.2) is 0 Å². The normalized spacial score (nSPS) is 12.0. The molecule has 0 aliphatic rings. The molecule has 0 saturated heterocycles. The average Bonchev–Trinajstić information content (AvgIpc) is 2.86. The quantitative estimate of drug-likeness (QED) is 0.177. The third-order valence-electron chi connectivity index (χ3n) is 5.03. The van der Waals surface area contributed by atoms with Crippen LogP contribution in [0.15, 0.2) is 59.9 Å². The Morgan fingerprint density at radius 2 is 1.57 bits per heavy atom. The molecule has 0 aromatic heterocycles. The van der Waals surface area contributed by atoms with E-state index in [1.54, 1.807) is 43.3 Å². The molecule has 8 nitrogen and oxygen atoms in total. The molecule has 0 spiro atoms. The van der Waals surface area contributed by atoms with Gasteiger partial charge in [-0.2, -0.15) is 0 Å². The minimum Gasteiger partial charge on any atom is -0.508 e. The summed E-state index contributed by atoms with van der Waals surface area (Å²) in [5.74, 6) is -0.267. The summed E-state index contributed by atoms with van der Waals surface area (Å²) in [6.07, 6.45) is 5.63. The van der Waals surface area contributed by atoms with Crippen molar-refractivity contribution in [2.75, 3.05) is 20.8 Å². The number of esters is 1. The molecule has 0 aliphatic carbocycles. The van der Waals surface area contributed by atoms with Crippen LogP contribution < -0.4 is 9.47 Å². The van der Waals surface area contributed by atoms with Crippen LogP contribution in [0.2, 0.25) is 0 Å². The first kappa shape index (κ1) is 27.2. The summed E-state index contributed by atoms with van der Waals surface area (Å²) >= 11 is 0. The van der Waals surface area contributed by atoms with Gasteiger partial charge in [-0.05, 0) is 60.9 Å². The maximum Gasteiger partial charge on any atom is 0.306 e. The summed E-state index contributed by atoms with van der Waals surface area (Å²) < 4.78 is 15.4. The van der Waals surface area contributed by atoms with Gasteiger partial charge in [0.05, 0.1) is 27.4 Å². The van der Waals surface area contributed by atoms with Crippen molar-refractivity contribution in [3.8, 4) is 17.2 Å². The Morgan fingerprint density at radius 1 is 0.914 bits per heavy atom. The molecule has 8 heteroatoms. The highest BCUT2D eigenvalue weighted by atomic mass is 16.5. The Bertz CT molecular complexity index is 1130. The predicted molar refractivity (Wildman–Crippen MR) is 132 cm³/mol. The molecule has 0 aliphatic heterocycles. The standard InChI is InChI=1S/C27H30O8/c1-4-35-27(32)14-9-21(23(30)11-6-18-5-10-22(29)20(15-18)17-28)24(31)12-7-19-8-13-25(33-2)26(16-19)34-3/h5-8,10-13,15-16,28-30H,4,9,14,17H2,1-3H3/b11-6+,12-7+,23-21-. The number of ketones is 1. The van der Waals surface area contributed by atoms with Crippen molar-refractivity contribution in [3.05, 3.63) is 76.6 Å². The molecule has 0 fully saturated rings. The number of methoxy groups -OCH3 is 2. The first-order valence-electron chi connectivity index (χ1n) is 11.0. The zero-order valence-electron chi connectivity index (χ0n) is 20.0. The number of aromatic hydroxyl groups is 1. The van der Waals surface area contributed by atoms with Gasteiger partial charge in [0.15, 0.2) is 17.3 Å². The number of benzene rings is 2. The zero-order valence-corrected chi connectivity index (χ0v) is 20.0. The van der Waals surface area contributed by atoms with Gasteiger partial charge < -0.3 is 29.5 Å². The van der Waals surface area contributed by atoms with Crippen LogP contribution in [0.5, 0.6) is 17.2 Å². The van der Waals surface area contributed by atoms with Crippen LogP contribution in [-0.2, 0) is 20.9 Å². The molecule has 3 N–H and O–H groups in total. The second-order valence-electron chi connectivity index (χ2n) is 7.36. The molecule has 0 amide bonds. The highest BCUT2D eigenvalue weighted by molar-refractivity contribution is 6.07. The van der Waals surface area contributed by atoms with Crippen molar-refractivity contribution in [2.45, 2.75) is 26.4 Å². The van der Waals surface area contributed by atoms with Crippen LogP contribution in [-0.4, -0.2) is 47.9 Å². The monoisotopic (exact) mass is 482 g/mol. The Morgan fingerprint density at radius 3 is 2.23 bits per heavy atom. The number of rotatable bonds is 12. The van der Waals surface area contributed by atoms with E-state index in [1.165, 1.54) is 38.5 Å². The number of ether oxygens (including phenoxy) is 3. The maximum absolute atomic E-state index is 12.9. The molecule has 186 valence electrons. The van der Waals surface area contributed by atoms with Gasteiger partial charge in [-0.1, -0.05) is 24.3 Å². The first-order chi connectivity index (χ1) is 16.8. The second-order valence-corrected chi connectivity index (χ2v) is 7.36. The highest BCUT2D eigenvalue weighted by Crippen LogP contribution is 2.28. The fourth-order valence-electron chi connectivity index (χ4n) is 3.18. The van der Waals surface area contributed by atoms with Crippen LogP contribution in [0.4, 0.5) is 0 Å². The Balaban J connectivity index is 2.32. The van der Waals surface area contributed by atoms with Crippen LogP contribution in [0.1, 0.15) is 36.5 Å². The van der Waals surface area contributed by atoms with Crippen molar-refractivity contribution in [1.29, 1.82) is 0 Å². The number of hydrogen-bond acceptors (Lipinski definition) is 8. The Kier molecular flexibility index (Phi) is 10.6. The number of aliphatic hydroxyl groups excluding tert-OH is 2. The van der Waals surface area contributed by atoms with Crippen LogP contribution in [0.25, 0.3) is 12.2 Å². The van der Waals surface area contributed by atoms with Gasteiger partial charge >= 0.3 is 5.97 Å². The predicted octanol–water partition coefficient (Wildman–Crippen LogP) is 4.35. The molecular formula is C27H30O8. The van der Waals surface area contributed by atoms with E-state index < -0.39 is 11.8 Å². The molecule has 0 bridgehead atoms. The fourth-order valence-corrected chi connectivity index (χ4v) is 3.18.